The first-order chi connectivity index (χ1) is 14.9. The van der Waals surface area contributed by atoms with Crippen molar-refractivity contribution in [1.82, 2.24) is 14.5 Å². The van der Waals surface area contributed by atoms with Crippen molar-refractivity contribution in [2.45, 2.75) is 51.0 Å². The summed E-state index contributed by atoms with van der Waals surface area (Å²) in [5, 5.41) is 9.63. The number of ether oxygens (including phenoxy) is 2. The monoisotopic (exact) mass is 437 g/mol. The van der Waals surface area contributed by atoms with Crippen molar-refractivity contribution < 1.29 is 23.9 Å². The first kappa shape index (κ1) is 22.2. The van der Waals surface area contributed by atoms with Crippen LogP contribution in [0.2, 0.25) is 0 Å². The minimum Gasteiger partial charge on any atom is -0.459 e. The summed E-state index contributed by atoms with van der Waals surface area (Å²) in [6.45, 7) is 9.60. The van der Waals surface area contributed by atoms with E-state index >= 15 is 0 Å². The van der Waals surface area contributed by atoms with Crippen molar-refractivity contribution in [3.8, 4) is 0 Å². The van der Waals surface area contributed by atoms with Gasteiger partial charge in [-0.2, -0.15) is 0 Å². The predicted molar refractivity (Wildman–Crippen MR) is 112 cm³/mol. The molecule has 4 saturated heterocycles. The van der Waals surface area contributed by atoms with Crippen molar-refractivity contribution in [3.63, 3.8) is 0 Å². The largest absolute Gasteiger partial charge is 0.459 e. The lowest BCUT2D eigenvalue weighted by molar-refractivity contribution is -0.941. The van der Waals surface area contributed by atoms with Crippen molar-refractivity contribution in [3.05, 3.63) is 32.6 Å². The van der Waals surface area contributed by atoms with Crippen LogP contribution >= 0.6 is 0 Å². The fraction of sp³-hybridized carbons (Fsp3) is 0.762. The SMILES string of the molecule is Cc1cn(C2CC(OC(=O)CCCC[N+]34CCN(CC3)CC4)C(CO)O2)c(=O)[nH]c1=O. The summed E-state index contributed by atoms with van der Waals surface area (Å²) in [4.78, 5) is 40.9. The van der Waals surface area contributed by atoms with E-state index in [9.17, 15) is 19.5 Å². The number of unbranched alkanes of at least 4 members (excludes halogenated alkanes) is 1. The molecule has 2 bridgehead atoms. The van der Waals surface area contributed by atoms with Gasteiger partial charge in [-0.05, 0) is 19.8 Å². The molecule has 2 N–H and O–H groups in total. The molecule has 4 aliphatic rings. The second kappa shape index (κ2) is 9.23. The summed E-state index contributed by atoms with van der Waals surface area (Å²) in [6.07, 6.45) is 1.76. The van der Waals surface area contributed by atoms with Crippen LogP contribution in [-0.4, -0.2) is 94.6 Å². The van der Waals surface area contributed by atoms with Crippen molar-refractivity contribution >= 4 is 5.97 Å². The molecule has 10 nitrogen and oxygen atoms in total. The molecule has 31 heavy (non-hydrogen) atoms. The zero-order valence-electron chi connectivity index (χ0n) is 18.1. The second-order valence-corrected chi connectivity index (χ2v) is 9.09. The van der Waals surface area contributed by atoms with E-state index in [4.69, 9.17) is 9.47 Å². The van der Waals surface area contributed by atoms with E-state index in [-0.39, 0.29) is 19.0 Å². The maximum absolute atomic E-state index is 12.4. The number of hydrogen-bond donors (Lipinski definition) is 2. The number of rotatable bonds is 8. The molecule has 5 rings (SSSR count). The zero-order valence-corrected chi connectivity index (χ0v) is 18.1. The molecule has 4 fully saturated rings. The van der Waals surface area contributed by atoms with Gasteiger partial charge in [-0.15, -0.1) is 0 Å². The minimum absolute atomic E-state index is 0.249. The third-order valence-electron chi connectivity index (χ3n) is 7.03. The van der Waals surface area contributed by atoms with Gasteiger partial charge in [-0.1, -0.05) is 0 Å². The normalized spacial score (nSPS) is 32.3. The van der Waals surface area contributed by atoms with Crippen molar-refractivity contribution in [2.75, 3.05) is 52.4 Å². The van der Waals surface area contributed by atoms with Gasteiger partial charge in [0.1, 0.15) is 18.4 Å². The lowest BCUT2D eigenvalue weighted by atomic mass is 10.1. The Kier molecular flexibility index (Phi) is 6.61. The van der Waals surface area contributed by atoms with Crippen molar-refractivity contribution in [1.29, 1.82) is 0 Å². The van der Waals surface area contributed by atoms with Crippen LogP contribution in [0.3, 0.4) is 0 Å². The van der Waals surface area contributed by atoms with Gasteiger partial charge in [0.2, 0.25) is 0 Å². The van der Waals surface area contributed by atoms with E-state index in [1.807, 2.05) is 0 Å². The number of aliphatic hydroxyl groups is 1. The first-order valence-corrected chi connectivity index (χ1v) is 11.2. The van der Waals surface area contributed by atoms with E-state index in [0.717, 1.165) is 19.4 Å². The van der Waals surface area contributed by atoms with Crippen LogP contribution in [0.15, 0.2) is 15.8 Å². The second-order valence-electron chi connectivity index (χ2n) is 9.09. The molecule has 5 heterocycles. The maximum Gasteiger partial charge on any atom is 0.330 e. The zero-order chi connectivity index (χ0) is 22.0. The van der Waals surface area contributed by atoms with Gasteiger partial charge in [0.05, 0.1) is 32.8 Å². The Hall–Kier alpha value is -2.01. The number of nitrogens with zero attached hydrogens (tertiary/aromatic N) is 3. The van der Waals surface area contributed by atoms with E-state index in [1.165, 1.54) is 54.5 Å². The molecule has 0 aliphatic carbocycles. The number of aromatic nitrogens is 2. The highest BCUT2D eigenvalue weighted by atomic mass is 16.6. The number of aliphatic hydroxyl groups excluding tert-OH is 1. The third kappa shape index (κ3) is 4.92. The molecule has 172 valence electrons. The lowest BCUT2D eigenvalue weighted by Gasteiger charge is -2.50. The molecule has 0 radical (unpaired) electrons. The number of nitrogens with one attached hydrogen (secondary N) is 1. The summed E-state index contributed by atoms with van der Waals surface area (Å²) in [5.41, 5.74) is -0.654. The molecule has 3 atom stereocenters. The van der Waals surface area contributed by atoms with Gasteiger partial charge >= 0.3 is 11.7 Å². The quantitative estimate of drug-likeness (QED) is 0.316. The molecular weight excluding hydrogens is 404 g/mol. The molecule has 0 amide bonds. The Labute approximate surface area is 181 Å². The Morgan fingerprint density at radius 1 is 1.26 bits per heavy atom. The molecule has 10 heteroatoms. The van der Waals surface area contributed by atoms with Crippen LogP contribution in [0.4, 0.5) is 0 Å². The van der Waals surface area contributed by atoms with Crippen LogP contribution in [-0.2, 0) is 14.3 Å². The molecule has 1 aromatic rings. The average Bonchev–Trinajstić information content (AvgIpc) is 3.17. The highest BCUT2D eigenvalue weighted by Gasteiger charge is 2.39. The number of piperazine rings is 3. The highest BCUT2D eigenvalue weighted by molar-refractivity contribution is 5.69. The van der Waals surface area contributed by atoms with Crippen LogP contribution in [0.5, 0.6) is 0 Å². The van der Waals surface area contributed by atoms with Crippen LogP contribution in [0.1, 0.15) is 37.5 Å². The van der Waals surface area contributed by atoms with Gasteiger partial charge in [-0.3, -0.25) is 24.0 Å². The van der Waals surface area contributed by atoms with E-state index < -0.39 is 29.7 Å². The number of H-pyrrole nitrogens is 1. The molecule has 0 saturated carbocycles. The van der Waals surface area contributed by atoms with Crippen LogP contribution in [0.25, 0.3) is 0 Å². The van der Waals surface area contributed by atoms with Crippen LogP contribution < -0.4 is 11.2 Å². The van der Waals surface area contributed by atoms with Gasteiger partial charge in [0.25, 0.3) is 5.56 Å². The fourth-order valence-electron chi connectivity index (χ4n) is 4.97. The number of aryl methyl sites for hydroxylation is 1. The van der Waals surface area contributed by atoms with Crippen molar-refractivity contribution in [2.24, 2.45) is 0 Å². The number of quaternary nitrogens is 1. The lowest BCUT2D eigenvalue weighted by Crippen LogP contribution is -2.67. The standard InChI is InChI=1S/C21H32N4O6/c1-15-13-24(21(29)22-20(15)28)18-12-16(17(14-26)30-18)31-19(27)4-2-3-8-25-9-5-23(6-10-25)7-11-25/h13,16-18,26H,2-12,14H2,1H3/p+1. The smallest absolute Gasteiger partial charge is 0.330 e. The molecule has 0 spiro atoms. The number of aromatic amines is 1. The topological polar surface area (TPSA) is 114 Å². The molecule has 4 aliphatic heterocycles. The number of esters is 1. The Balaban J connectivity index is 1.26. The van der Waals surface area contributed by atoms with Gasteiger partial charge < -0.3 is 19.1 Å². The molecule has 3 unspecified atom stereocenters. The molecular formula is C21H33N4O6+. The minimum atomic E-state index is -0.702. The number of hydrogen-bond acceptors (Lipinski definition) is 7. The summed E-state index contributed by atoms with van der Waals surface area (Å²) >= 11 is 0. The number of carbonyl (C=O) groups excluding carboxylic acids is 1. The third-order valence-corrected chi connectivity index (χ3v) is 7.03. The predicted octanol–water partition coefficient (Wildman–Crippen LogP) is -0.647. The summed E-state index contributed by atoms with van der Waals surface area (Å²) in [7, 11) is 0. The van der Waals surface area contributed by atoms with Gasteiger partial charge in [-0.25, -0.2) is 4.79 Å². The summed E-state index contributed by atoms with van der Waals surface area (Å²) < 4.78 is 13.8. The molecule has 1 aromatic heterocycles. The average molecular weight is 438 g/mol. The number of fused-ring (bicyclic) bond motifs is 3. The molecule has 0 aromatic carbocycles. The van der Waals surface area contributed by atoms with Gasteiger partial charge in [0, 0.05) is 44.2 Å². The van der Waals surface area contributed by atoms with E-state index in [1.54, 1.807) is 6.92 Å². The Morgan fingerprint density at radius 3 is 2.65 bits per heavy atom. The highest BCUT2D eigenvalue weighted by Crippen LogP contribution is 2.30. The van der Waals surface area contributed by atoms with Crippen LogP contribution in [0, 0.1) is 6.92 Å². The first-order valence-electron chi connectivity index (χ1n) is 11.2. The fourth-order valence-corrected chi connectivity index (χ4v) is 4.97. The summed E-state index contributed by atoms with van der Waals surface area (Å²) in [6, 6.07) is 0. The summed E-state index contributed by atoms with van der Waals surface area (Å²) in [5.74, 6) is -0.304. The van der Waals surface area contributed by atoms with Gasteiger partial charge in [0.15, 0.2) is 0 Å². The van der Waals surface area contributed by atoms with E-state index in [0.29, 0.717) is 12.0 Å². The number of carbonyl (C=O) groups is 1. The Bertz CT molecular complexity index is 890. The van der Waals surface area contributed by atoms with E-state index in [2.05, 4.69) is 9.88 Å². The maximum atomic E-state index is 12.4. The Morgan fingerprint density at radius 2 is 1.97 bits per heavy atom.